The van der Waals surface area contributed by atoms with Crippen LogP contribution in [0.3, 0.4) is 0 Å². The van der Waals surface area contributed by atoms with E-state index in [1.165, 1.54) is 12.0 Å². The minimum absolute atomic E-state index is 0.134. The highest BCUT2D eigenvalue weighted by Crippen LogP contribution is 2.34. The van der Waals surface area contributed by atoms with Crippen LogP contribution in [-0.4, -0.2) is 15.9 Å². The number of hydrogen-bond acceptors (Lipinski definition) is 3. The first-order valence-electron chi connectivity index (χ1n) is 6.21. The van der Waals surface area contributed by atoms with Crippen molar-refractivity contribution < 1.29 is 0 Å². The van der Waals surface area contributed by atoms with Gasteiger partial charge in [0.15, 0.2) is 5.96 Å². The summed E-state index contributed by atoms with van der Waals surface area (Å²) in [6.45, 7) is 5.80. The van der Waals surface area contributed by atoms with Crippen LogP contribution in [0.1, 0.15) is 42.1 Å². The predicted molar refractivity (Wildman–Crippen MR) is 72.8 cm³/mol. The first-order valence-corrected chi connectivity index (χ1v) is 6.21. The summed E-state index contributed by atoms with van der Waals surface area (Å²) in [5.41, 5.74) is 8.65. The van der Waals surface area contributed by atoms with Crippen molar-refractivity contribution in [1.29, 1.82) is 5.41 Å². The molecule has 4 N–H and O–H groups in total. The van der Waals surface area contributed by atoms with E-state index >= 15 is 0 Å². The lowest BCUT2D eigenvalue weighted by molar-refractivity contribution is 0.538. The summed E-state index contributed by atoms with van der Waals surface area (Å²) in [5, 5.41) is 9.92. The van der Waals surface area contributed by atoms with Gasteiger partial charge >= 0.3 is 0 Å². The third-order valence-corrected chi connectivity index (χ3v) is 3.31. The van der Waals surface area contributed by atoms with Gasteiger partial charge in [-0.3, -0.25) is 10.7 Å². The van der Waals surface area contributed by atoms with E-state index in [0.29, 0.717) is 11.9 Å². The third kappa shape index (κ3) is 2.50. The zero-order chi connectivity index (χ0) is 13.1. The minimum atomic E-state index is -0.134. The summed E-state index contributed by atoms with van der Waals surface area (Å²) in [6.07, 6.45) is 6.22. The average molecular weight is 245 g/mol. The number of allylic oxidation sites excluding steroid dienone is 1. The van der Waals surface area contributed by atoms with E-state index in [1.807, 2.05) is 13.0 Å². The quantitative estimate of drug-likeness (QED) is 0.432. The van der Waals surface area contributed by atoms with E-state index in [0.717, 1.165) is 30.7 Å². The lowest BCUT2D eigenvalue weighted by Crippen LogP contribution is -2.24. The van der Waals surface area contributed by atoms with Gasteiger partial charge in [-0.2, -0.15) is 0 Å². The Morgan fingerprint density at radius 2 is 2.39 bits per heavy atom. The molecule has 1 aromatic heterocycles. The molecule has 18 heavy (non-hydrogen) atoms. The molecular weight excluding hydrogens is 226 g/mol. The molecule has 0 aromatic carbocycles. The number of aryl methyl sites for hydroxylation is 1. The van der Waals surface area contributed by atoms with Crippen molar-refractivity contribution in [2.45, 2.75) is 38.5 Å². The molecule has 5 heteroatoms. The van der Waals surface area contributed by atoms with E-state index in [9.17, 15) is 0 Å². The summed E-state index contributed by atoms with van der Waals surface area (Å²) in [4.78, 5) is 8.88. The number of rotatable bonds is 3. The molecule has 0 saturated carbocycles. The molecule has 0 bridgehead atoms. The van der Waals surface area contributed by atoms with Crippen LogP contribution in [0.25, 0.3) is 0 Å². The number of guanidine groups is 1. The van der Waals surface area contributed by atoms with Crippen LogP contribution in [0.4, 0.5) is 5.95 Å². The van der Waals surface area contributed by atoms with Crippen LogP contribution < -0.4 is 11.1 Å². The van der Waals surface area contributed by atoms with Gasteiger partial charge in [-0.25, -0.2) is 9.97 Å². The number of nitrogens with one attached hydrogen (secondary N) is 2. The second-order valence-corrected chi connectivity index (χ2v) is 4.65. The van der Waals surface area contributed by atoms with Gasteiger partial charge in [0.05, 0.1) is 5.69 Å². The van der Waals surface area contributed by atoms with Crippen LogP contribution in [0.15, 0.2) is 12.7 Å². The number of nitrogens with two attached hydrogens (primary N) is 1. The zero-order valence-corrected chi connectivity index (χ0v) is 10.7. The summed E-state index contributed by atoms with van der Waals surface area (Å²) in [5.74, 6) is 0.709. The fourth-order valence-corrected chi connectivity index (χ4v) is 2.53. The molecule has 1 unspecified atom stereocenters. The van der Waals surface area contributed by atoms with Gasteiger partial charge in [-0.15, -0.1) is 6.58 Å². The summed E-state index contributed by atoms with van der Waals surface area (Å²) in [6, 6.07) is 0. The third-order valence-electron chi connectivity index (χ3n) is 3.31. The lowest BCUT2D eigenvalue weighted by Gasteiger charge is -2.25. The van der Waals surface area contributed by atoms with Gasteiger partial charge in [-0.05, 0) is 38.2 Å². The van der Waals surface area contributed by atoms with Gasteiger partial charge in [0.2, 0.25) is 5.95 Å². The molecule has 2 rings (SSSR count). The van der Waals surface area contributed by atoms with Crippen LogP contribution in [0.2, 0.25) is 0 Å². The fourth-order valence-electron chi connectivity index (χ4n) is 2.53. The monoisotopic (exact) mass is 245 g/mol. The average Bonchev–Trinajstić information content (AvgIpc) is 2.30. The van der Waals surface area contributed by atoms with Crippen molar-refractivity contribution in [1.82, 2.24) is 9.97 Å². The molecule has 1 aromatic rings. The maximum atomic E-state index is 7.24. The Kier molecular flexibility index (Phi) is 3.60. The van der Waals surface area contributed by atoms with Crippen molar-refractivity contribution in [3.8, 4) is 0 Å². The summed E-state index contributed by atoms with van der Waals surface area (Å²) >= 11 is 0. The standard InChI is InChI=1S/C13H19N5/c1-3-5-9-6-4-7-10-8(2)16-13(17-11(9)10)18-12(14)15/h3,9H,1,4-7H2,2H3,(H4,14,15,16,17,18). The molecule has 0 amide bonds. The predicted octanol–water partition coefficient (Wildman–Crippen LogP) is 2.09. The molecule has 0 radical (unpaired) electrons. The van der Waals surface area contributed by atoms with Gasteiger partial charge in [-0.1, -0.05) is 6.08 Å². The summed E-state index contributed by atoms with van der Waals surface area (Å²) in [7, 11) is 0. The van der Waals surface area contributed by atoms with Crippen molar-refractivity contribution >= 4 is 11.9 Å². The Morgan fingerprint density at radius 3 is 3.06 bits per heavy atom. The maximum Gasteiger partial charge on any atom is 0.229 e. The highest BCUT2D eigenvalue weighted by Gasteiger charge is 2.23. The fraction of sp³-hybridized carbons (Fsp3) is 0.462. The van der Waals surface area contributed by atoms with Crippen LogP contribution in [0.5, 0.6) is 0 Å². The van der Waals surface area contributed by atoms with Gasteiger partial charge < -0.3 is 5.73 Å². The molecule has 1 aliphatic carbocycles. The number of fused-ring (bicyclic) bond motifs is 1. The highest BCUT2D eigenvalue weighted by atomic mass is 15.2. The Bertz CT molecular complexity index is 481. The zero-order valence-electron chi connectivity index (χ0n) is 10.7. The summed E-state index contributed by atoms with van der Waals surface area (Å²) < 4.78 is 0. The molecule has 0 aliphatic heterocycles. The molecule has 0 fully saturated rings. The lowest BCUT2D eigenvalue weighted by atomic mass is 9.84. The maximum absolute atomic E-state index is 7.24. The smallest absolute Gasteiger partial charge is 0.229 e. The molecule has 1 heterocycles. The normalized spacial score (nSPS) is 17.9. The van der Waals surface area contributed by atoms with Crippen molar-refractivity contribution in [3.05, 3.63) is 29.6 Å². The van der Waals surface area contributed by atoms with Crippen LogP contribution in [-0.2, 0) is 6.42 Å². The van der Waals surface area contributed by atoms with Gasteiger partial charge in [0, 0.05) is 11.6 Å². The van der Waals surface area contributed by atoms with E-state index in [4.69, 9.17) is 11.1 Å². The molecule has 96 valence electrons. The van der Waals surface area contributed by atoms with Crippen molar-refractivity contribution in [2.75, 3.05) is 5.32 Å². The molecule has 0 spiro atoms. The number of aromatic nitrogens is 2. The Balaban J connectivity index is 2.40. The number of hydrogen-bond donors (Lipinski definition) is 3. The Morgan fingerprint density at radius 1 is 1.61 bits per heavy atom. The van der Waals surface area contributed by atoms with Crippen molar-refractivity contribution in [3.63, 3.8) is 0 Å². The van der Waals surface area contributed by atoms with E-state index < -0.39 is 0 Å². The minimum Gasteiger partial charge on any atom is -0.370 e. The molecule has 1 atom stereocenters. The van der Waals surface area contributed by atoms with E-state index in [-0.39, 0.29) is 5.96 Å². The van der Waals surface area contributed by atoms with Crippen molar-refractivity contribution in [2.24, 2.45) is 5.73 Å². The second kappa shape index (κ2) is 5.16. The topological polar surface area (TPSA) is 87.7 Å². The molecular formula is C13H19N5. The van der Waals surface area contributed by atoms with E-state index in [2.05, 4.69) is 21.9 Å². The Hall–Kier alpha value is -1.91. The molecule has 5 nitrogen and oxygen atoms in total. The largest absolute Gasteiger partial charge is 0.370 e. The number of nitrogens with zero attached hydrogens (tertiary/aromatic N) is 2. The molecule has 1 aliphatic rings. The first-order chi connectivity index (χ1) is 8.61. The van der Waals surface area contributed by atoms with Gasteiger partial charge in [0.1, 0.15) is 0 Å². The van der Waals surface area contributed by atoms with Crippen LogP contribution >= 0.6 is 0 Å². The SMILES string of the molecule is C=CCC1CCCc2c(C)nc(NC(=N)N)nc21. The molecule has 0 saturated heterocycles. The highest BCUT2D eigenvalue weighted by molar-refractivity contribution is 5.87. The Labute approximate surface area is 107 Å². The first kappa shape index (κ1) is 12.5. The van der Waals surface area contributed by atoms with Gasteiger partial charge in [0.25, 0.3) is 0 Å². The van der Waals surface area contributed by atoms with E-state index in [1.54, 1.807) is 0 Å². The second-order valence-electron chi connectivity index (χ2n) is 4.65. The van der Waals surface area contributed by atoms with Crippen LogP contribution in [0, 0.1) is 12.3 Å². The number of anilines is 1.